The summed E-state index contributed by atoms with van der Waals surface area (Å²) in [5.41, 5.74) is 7.82. The van der Waals surface area contributed by atoms with Gasteiger partial charge in [-0.05, 0) is 63.3 Å². The van der Waals surface area contributed by atoms with E-state index in [1.165, 1.54) is 12.1 Å². The maximum Gasteiger partial charge on any atom is 0.146 e. The van der Waals surface area contributed by atoms with Gasteiger partial charge in [-0.25, -0.2) is 9.37 Å². The smallest absolute Gasteiger partial charge is 0.146 e. The minimum absolute atomic E-state index is 0.277. The van der Waals surface area contributed by atoms with Gasteiger partial charge in [-0.2, -0.15) is 0 Å². The first-order valence-electron chi connectivity index (χ1n) is 9.07. The number of halogens is 1. The Kier molecular flexibility index (Phi) is 4.53. The van der Waals surface area contributed by atoms with Crippen LogP contribution in [0.4, 0.5) is 10.2 Å². The van der Waals surface area contributed by atoms with E-state index in [0.29, 0.717) is 17.2 Å². The van der Waals surface area contributed by atoms with Crippen LogP contribution < -0.4 is 11.1 Å². The molecule has 0 unspecified atom stereocenters. The molecule has 1 aromatic carbocycles. The first-order chi connectivity index (χ1) is 13.0. The van der Waals surface area contributed by atoms with Crippen LogP contribution in [0.1, 0.15) is 18.9 Å². The molecule has 2 aromatic heterocycles. The molecule has 0 aliphatic carbocycles. The molecule has 6 nitrogen and oxygen atoms in total. The number of nitrogens with one attached hydrogen (secondary N) is 1. The average molecular weight is 366 g/mol. The molecule has 7 heteroatoms. The molecule has 1 saturated heterocycles. The lowest BCUT2D eigenvalue weighted by Gasteiger charge is -2.31. The van der Waals surface area contributed by atoms with Gasteiger partial charge in [0, 0.05) is 23.9 Å². The van der Waals surface area contributed by atoms with Gasteiger partial charge in [0.05, 0.1) is 11.7 Å². The molecule has 140 valence electrons. The number of benzene rings is 1. The van der Waals surface area contributed by atoms with Gasteiger partial charge in [0.25, 0.3) is 0 Å². The van der Waals surface area contributed by atoms with Gasteiger partial charge < -0.3 is 20.6 Å². The van der Waals surface area contributed by atoms with Crippen LogP contribution in [-0.2, 0) is 0 Å². The molecule has 0 radical (unpaired) electrons. The Balaban J connectivity index is 1.87. The number of piperidine rings is 1. The Hall–Kier alpha value is -2.93. The largest absolute Gasteiger partial charge is 0.385 e. The molecule has 0 amide bonds. The quantitative estimate of drug-likeness (QED) is 0.748. The van der Waals surface area contributed by atoms with E-state index in [0.717, 1.165) is 43.0 Å². The Bertz CT molecular complexity index is 996. The number of pyridine rings is 1. The summed E-state index contributed by atoms with van der Waals surface area (Å²) in [5.74, 6) is 1.05. The van der Waals surface area contributed by atoms with Crippen molar-refractivity contribution in [2.24, 2.45) is 0 Å². The zero-order valence-electron chi connectivity index (χ0n) is 15.3. The zero-order chi connectivity index (χ0) is 19.0. The summed E-state index contributed by atoms with van der Waals surface area (Å²) in [6.07, 6.45) is 5.71. The number of nitrogen functional groups attached to an aromatic ring is 1. The second-order valence-corrected chi connectivity index (χ2v) is 7.08. The van der Waals surface area contributed by atoms with Crippen LogP contribution in [0.5, 0.6) is 0 Å². The summed E-state index contributed by atoms with van der Waals surface area (Å²) in [6.45, 7) is 2.06. The first-order valence-corrected chi connectivity index (χ1v) is 9.07. The predicted molar refractivity (Wildman–Crippen MR) is 103 cm³/mol. The van der Waals surface area contributed by atoms with Crippen LogP contribution in [-0.4, -0.2) is 39.2 Å². The molecule has 0 atom stereocenters. The van der Waals surface area contributed by atoms with E-state index in [-0.39, 0.29) is 5.82 Å². The van der Waals surface area contributed by atoms with E-state index < -0.39 is 0 Å². The van der Waals surface area contributed by atoms with Crippen molar-refractivity contribution in [3.05, 3.63) is 60.1 Å². The first kappa shape index (κ1) is 17.5. The predicted octanol–water partition coefficient (Wildman–Crippen LogP) is 2.81. The topological polar surface area (TPSA) is 75.9 Å². The van der Waals surface area contributed by atoms with Crippen molar-refractivity contribution in [3.8, 4) is 17.1 Å². The highest BCUT2D eigenvalue weighted by Gasteiger charge is 2.24. The van der Waals surface area contributed by atoms with Gasteiger partial charge in [-0.15, -0.1) is 0 Å². The van der Waals surface area contributed by atoms with Crippen molar-refractivity contribution in [3.63, 3.8) is 0 Å². The minimum atomic E-state index is -0.277. The van der Waals surface area contributed by atoms with Gasteiger partial charge >= 0.3 is 0 Å². The van der Waals surface area contributed by atoms with E-state index in [1.807, 2.05) is 10.9 Å². The molecule has 27 heavy (non-hydrogen) atoms. The highest BCUT2D eigenvalue weighted by molar-refractivity contribution is 5.68. The summed E-state index contributed by atoms with van der Waals surface area (Å²) in [6, 6.07) is 9.99. The molecular formula is C20H23FN6. The fraction of sp³-hybridized carbons (Fsp3) is 0.300. The summed E-state index contributed by atoms with van der Waals surface area (Å²) in [7, 11) is 2.13. The fourth-order valence-corrected chi connectivity index (χ4v) is 3.66. The zero-order valence-corrected chi connectivity index (χ0v) is 15.3. The molecule has 1 aliphatic rings. The van der Waals surface area contributed by atoms with Crippen molar-refractivity contribution in [2.75, 3.05) is 25.9 Å². The van der Waals surface area contributed by atoms with Gasteiger partial charge in [-0.3, -0.25) is 4.57 Å². The van der Waals surface area contributed by atoms with Crippen molar-refractivity contribution in [1.82, 2.24) is 19.0 Å². The standard InChI is InChI=1S/C20H23FN6/c1-25-9-7-17(8-10-25)27-13-24-19(14-2-4-15(21)5-3-14)20(27)26-11-6-16(22)12-18(26)23/h2-6,11-13,17,22H,7-10,23H2,1H3. The summed E-state index contributed by atoms with van der Waals surface area (Å²) >= 11 is 0. The lowest BCUT2D eigenvalue weighted by atomic mass is 10.1. The van der Waals surface area contributed by atoms with E-state index in [1.54, 1.807) is 30.5 Å². The molecule has 1 fully saturated rings. The maximum atomic E-state index is 13.4. The molecule has 0 spiro atoms. The fourth-order valence-electron chi connectivity index (χ4n) is 3.66. The second kappa shape index (κ2) is 7.00. The van der Waals surface area contributed by atoms with E-state index >= 15 is 0 Å². The van der Waals surface area contributed by atoms with E-state index in [2.05, 4.69) is 21.5 Å². The third kappa shape index (κ3) is 3.38. The number of rotatable bonds is 3. The average Bonchev–Trinajstić information content (AvgIpc) is 3.08. The summed E-state index contributed by atoms with van der Waals surface area (Å²) in [4.78, 5) is 6.98. The van der Waals surface area contributed by atoms with Crippen LogP contribution in [0.15, 0.2) is 48.9 Å². The summed E-state index contributed by atoms with van der Waals surface area (Å²) in [5, 5.41) is 8.17. The normalized spacial score (nSPS) is 15.9. The Labute approximate surface area is 157 Å². The Morgan fingerprint density at radius 3 is 2.52 bits per heavy atom. The highest BCUT2D eigenvalue weighted by atomic mass is 19.1. The number of nitrogens with zero attached hydrogens (tertiary/aromatic N) is 4. The number of nitrogens with two attached hydrogens (primary N) is 1. The van der Waals surface area contributed by atoms with Gasteiger partial charge in [-0.1, -0.05) is 0 Å². The lowest BCUT2D eigenvalue weighted by molar-refractivity contribution is 0.221. The number of hydrogen-bond acceptors (Lipinski definition) is 4. The Morgan fingerprint density at radius 2 is 1.85 bits per heavy atom. The highest BCUT2D eigenvalue weighted by Crippen LogP contribution is 2.32. The molecular weight excluding hydrogens is 343 g/mol. The molecule has 4 rings (SSSR count). The third-order valence-corrected chi connectivity index (χ3v) is 5.18. The molecule has 3 heterocycles. The number of aromatic nitrogens is 3. The number of imidazole rings is 1. The van der Waals surface area contributed by atoms with Crippen molar-refractivity contribution in [2.45, 2.75) is 18.9 Å². The minimum Gasteiger partial charge on any atom is -0.385 e. The van der Waals surface area contributed by atoms with Crippen molar-refractivity contribution < 1.29 is 4.39 Å². The number of anilines is 1. The van der Waals surface area contributed by atoms with Gasteiger partial charge in [0.1, 0.15) is 23.1 Å². The monoisotopic (exact) mass is 366 g/mol. The molecule has 3 aromatic rings. The van der Waals surface area contributed by atoms with Gasteiger partial charge in [0.15, 0.2) is 0 Å². The van der Waals surface area contributed by atoms with E-state index in [4.69, 9.17) is 11.1 Å². The van der Waals surface area contributed by atoms with Crippen LogP contribution in [0.2, 0.25) is 0 Å². The second-order valence-electron chi connectivity index (χ2n) is 7.08. The molecule has 1 aliphatic heterocycles. The van der Waals surface area contributed by atoms with Crippen molar-refractivity contribution >= 4 is 5.82 Å². The Morgan fingerprint density at radius 1 is 1.15 bits per heavy atom. The lowest BCUT2D eigenvalue weighted by Crippen LogP contribution is -2.32. The summed E-state index contributed by atoms with van der Waals surface area (Å²) < 4.78 is 17.4. The van der Waals surface area contributed by atoms with Gasteiger partial charge in [0.2, 0.25) is 0 Å². The van der Waals surface area contributed by atoms with Crippen LogP contribution in [0, 0.1) is 11.2 Å². The number of likely N-dealkylation sites (tertiary alicyclic amines) is 1. The van der Waals surface area contributed by atoms with Crippen molar-refractivity contribution in [1.29, 1.82) is 5.41 Å². The molecule has 0 bridgehead atoms. The van der Waals surface area contributed by atoms with Crippen LogP contribution >= 0.6 is 0 Å². The molecule has 3 N–H and O–H groups in total. The number of hydrogen-bond donors (Lipinski definition) is 2. The maximum absolute atomic E-state index is 13.4. The molecule has 0 saturated carbocycles. The third-order valence-electron chi connectivity index (χ3n) is 5.18. The van der Waals surface area contributed by atoms with E-state index in [9.17, 15) is 4.39 Å². The SMILES string of the molecule is CN1CCC(n2cnc(-c3ccc(F)cc3)c2-n2ccc(=N)cc2N)CC1. The van der Waals surface area contributed by atoms with Crippen LogP contribution in [0.3, 0.4) is 0 Å². The van der Waals surface area contributed by atoms with Crippen LogP contribution in [0.25, 0.3) is 17.1 Å².